The number of nitrogens with one attached hydrogen (secondary N) is 4. The van der Waals surface area contributed by atoms with Gasteiger partial charge in [0.2, 0.25) is 0 Å². The fourth-order valence-electron chi connectivity index (χ4n) is 3.91. The van der Waals surface area contributed by atoms with E-state index in [1.807, 2.05) is 30.3 Å². The van der Waals surface area contributed by atoms with Gasteiger partial charge in [0, 0.05) is 48.1 Å². The van der Waals surface area contributed by atoms with Crippen LogP contribution in [-0.2, 0) is 20.7 Å². The lowest BCUT2D eigenvalue weighted by molar-refractivity contribution is -0.143. The third-order valence-electron chi connectivity index (χ3n) is 6.00. The highest BCUT2D eigenvalue weighted by molar-refractivity contribution is 5.98. The predicted molar refractivity (Wildman–Crippen MR) is 151 cm³/mol. The molecule has 2 amide bonds. The van der Waals surface area contributed by atoms with Crippen LogP contribution in [0.4, 0.5) is 20.2 Å². The van der Waals surface area contributed by atoms with E-state index in [1.54, 1.807) is 37.3 Å². The molecular weight excluding hydrogens is 534 g/mol. The zero-order chi connectivity index (χ0) is 30.0. The Kier molecular flexibility index (Phi) is 10.5. The molecule has 1 heterocycles. The molecule has 2 atom stereocenters. The summed E-state index contributed by atoms with van der Waals surface area (Å²) in [5, 5.41) is 25.0. The fourth-order valence-corrected chi connectivity index (χ4v) is 3.91. The van der Waals surface area contributed by atoms with E-state index in [2.05, 4.69) is 16.0 Å². The molecule has 3 aromatic rings. The first kappa shape index (κ1) is 30.7. The molecule has 0 aromatic heterocycles. The first-order valence-electron chi connectivity index (χ1n) is 12.9. The number of hydrogen-bond donors (Lipinski definition) is 5. The van der Waals surface area contributed by atoms with Gasteiger partial charge in [-0.25, -0.2) is 4.79 Å². The van der Waals surface area contributed by atoms with Crippen molar-refractivity contribution in [2.24, 2.45) is 0 Å². The van der Waals surface area contributed by atoms with Gasteiger partial charge in [-0.2, -0.15) is 8.78 Å². The van der Waals surface area contributed by atoms with Gasteiger partial charge in [-0.15, -0.1) is 0 Å². The Hall–Kier alpha value is -4.80. The number of phenolic OH excluding ortho intramolecular Hbond substituents is 1. The van der Waals surface area contributed by atoms with Crippen molar-refractivity contribution in [1.82, 2.24) is 10.6 Å². The molecule has 11 heteroatoms. The smallest absolute Gasteiger partial charge is 0.328 e. The van der Waals surface area contributed by atoms with Crippen molar-refractivity contribution in [2.45, 2.75) is 44.7 Å². The van der Waals surface area contributed by atoms with Crippen LogP contribution in [0.3, 0.4) is 0 Å². The Morgan fingerprint density at radius 3 is 2.49 bits per heavy atom. The van der Waals surface area contributed by atoms with Crippen molar-refractivity contribution in [3.8, 4) is 5.75 Å². The molecule has 1 aliphatic rings. The van der Waals surface area contributed by atoms with Crippen LogP contribution in [0.25, 0.3) is 0 Å². The number of benzene rings is 3. The van der Waals surface area contributed by atoms with Crippen LogP contribution in [0, 0.1) is 5.41 Å². The summed E-state index contributed by atoms with van der Waals surface area (Å²) in [6, 6.07) is 19.9. The number of carbonyl (C=O) groups is 3. The highest BCUT2D eigenvalue weighted by atomic mass is 19.3. The van der Waals surface area contributed by atoms with Crippen LogP contribution < -0.4 is 16.0 Å². The maximum atomic E-state index is 12.6. The first-order valence-corrected chi connectivity index (χ1v) is 12.9. The highest BCUT2D eigenvalue weighted by Crippen LogP contribution is 2.24. The molecule has 3 aromatic carbocycles. The van der Waals surface area contributed by atoms with Gasteiger partial charge in [0.1, 0.15) is 11.8 Å². The molecule has 4 rings (SSSR count). The lowest BCUT2D eigenvalue weighted by Crippen LogP contribution is -2.43. The number of esters is 1. The summed E-state index contributed by atoms with van der Waals surface area (Å²) >= 11 is 0. The summed E-state index contributed by atoms with van der Waals surface area (Å²) in [4.78, 5) is 34.8. The third-order valence-corrected chi connectivity index (χ3v) is 6.00. The Balaban J connectivity index is 0.000000250. The fraction of sp³-hybridized carbons (Fsp3) is 0.267. The van der Waals surface area contributed by atoms with E-state index in [9.17, 15) is 28.3 Å². The minimum atomic E-state index is -3.31. The topological polar surface area (TPSA) is 141 Å². The molecule has 216 valence electrons. The number of cyclic esters (lactones) is 1. The summed E-state index contributed by atoms with van der Waals surface area (Å²) < 4.78 is 30.0. The molecule has 1 aliphatic heterocycles. The van der Waals surface area contributed by atoms with E-state index in [0.29, 0.717) is 48.9 Å². The van der Waals surface area contributed by atoms with Gasteiger partial charge in [-0.3, -0.25) is 9.59 Å². The Labute approximate surface area is 236 Å². The van der Waals surface area contributed by atoms with E-state index >= 15 is 0 Å². The minimum Gasteiger partial charge on any atom is -0.508 e. The molecule has 5 N–H and O–H groups in total. The van der Waals surface area contributed by atoms with Gasteiger partial charge in [0.05, 0.1) is 6.61 Å². The normalized spacial score (nSPS) is 15.0. The van der Waals surface area contributed by atoms with E-state index in [4.69, 9.17) is 10.1 Å². The van der Waals surface area contributed by atoms with Crippen molar-refractivity contribution in [2.75, 3.05) is 11.9 Å². The van der Waals surface area contributed by atoms with Gasteiger partial charge in [0.25, 0.3) is 11.8 Å². The standard InChI is InChI=1S/C18H17N3O4.C12H15F2NO/c19-10-12-9-14(22)4-5-15(12)20-13-3-1-2-11(8-13)17(23)21-16-6-7-25-18(16)24;1-9(15-11(16)12(2,13)14)8-10-6-4-3-5-7-10/h1-5,8-10,16,19-20,22H,6-7H2,(H,21,23);3-7,9H,8H2,1-2H3,(H,15,16)/t16-;/m1./s1. The average Bonchev–Trinajstić information content (AvgIpc) is 3.34. The van der Waals surface area contributed by atoms with Crippen molar-refractivity contribution in [3.63, 3.8) is 0 Å². The number of anilines is 2. The zero-order valence-corrected chi connectivity index (χ0v) is 22.6. The number of carbonyl (C=O) groups excluding carboxylic acids is 3. The molecule has 9 nitrogen and oxygen atoms in total. The van der Waals surface area contributed by atoms with Gasteiger partial charge in [-0.1, -0.05) is 36.4 Å². The molecular formula is C30H32F2N4O5. The number of halogens is 2. The largest absolute Gasteiger partial charge is 0.508 e. The van der Waals surface area contributed by atoms with E-state index in [-0.39, 0.29) is 17.7 Å². The monoisotopic (exact) mass is 566 g/mol. The lowest BCUT2D eigenvalue weighted by Gasteiger charge is -2.17. The Bertz CT molecular complexity index is 1380. The Morgan fingerprint density at radius 2 is 1.85 bits per heavy atom. The number of amides is 2. The van der Waals surface area contributed by atoms with Crippen LogP contribution in [0.15, 0.2) is 72.8 Å². The summed E-state index contributed by atoms with van der Waals surface area (Å²) in [6.07, 6.45) is 2.14. The maximum Gasteiger partial charge on any atom is 0.328 e. The van der Waals surface area contributed by atoms with Gasteiger partial charge < -0.3 is 31.2 Å². The molecule has 0 aliphatic carbocycles. The summed E-state index contributed by atoms with van der Waals surface area (Å²) in [5.74, 6) is -5.24. The molecule has 0 bridgehead atoms. The number of ether oxygens (including phenoxy) is 1. The zero-order valence-electron chi connectivity index (χ0n) is 22.6. The van der Waals surface area contributed by atoms with Crippen LogP contribution in [0.1, 0.15) is 41.8 Å². The lowest BCUT2D eigenvalue weighted by atomic mass is 10.1. The van der Waals surface area contributed by atoms with Crippen molar-refractivity contribution < 1.29 is 33.0 Å². The van der Waals surface area contributed by atoms with E-state index in [0.717, 1.165) is 11.8 Å². The van der Waals surface area contributed by atoms with Crippen LogP contribution in [0.2, 0.25) is 0 Å². The highest BCUT2D eigenvalue weighted by Gasteiger charge is 2.32. The number of hydrogen-bond acceptors (Lipinski definition) is 7. The number of rotatable bonds is 9. The van der Waals surface area contributed by atoms with Gasteiger partial charge in [-0.05, 0) is 55.3 Å². The maximum absolute atomic E-state index is 12.6. The number of aromatic hydroxyl groups is 1. The quantitative estimate of drug-likeness (QED) is 0.146. The summed E-state index contributed by atoms with van der Waals surface area (Å²) in [7, 11) is 0. The minimum absolute atomic E-state index is 0.0700. The first-order chi connectivity index (χ1) is 19.5. The number of phenols is 1. The van der Waals surface area contributed by atoms with Gasteiger partial charge >= 0.3 is 11.9 Å². The SMILES string of the molecule is CC(Cc1ccccc1)NC(=O)C(C)(F)F.N=Cc1cc(O)ccc1Nc1cccc(C(=O)N[C@@H]2CCOC2=O)c1. The van der Waals surface area contributed by atoms with E-state index < -0.39 is 23.8 Å². The third kappa shape index (κ3) is 9.41. The second-order valence-corrected chi connectivity index (χ2v) is 9.56. The van der Waals surface area contributed by atoms with Crippen LogP contribution >= 0.6 is 0 Å². The molecule has 41 heavy (non-hydrogen) atoms. The van der Waals surface area contributed by atoms with Gasteiger partial charge in [0.15, 0.2) is 0 Å². The molecule has 1 unspecified atom stereocenters. The molecule has 1 fully saturated rings. The summed E-state index contributed by atoms with van der Waals surface area (Å²) in [6.45, 7) is 2.62. The van der Waals surface area contributed by atoms with Crippen molar-refractivity contribution in [3.05, 3.63) is 89.5 Å². The van der Waals surface area contributed by atoms with E-state index in [1.165, 1.54) is 12.1 Å². The number of alkyl halides is 2. The summed E-state index contributed by atoms with van der Waals surface area (Å²) in [5.41, 5.74) is 3.21. The van der Waals surface area contributed by atoms with Crippen LogP contribution in [-0.4, -0.2) is 53.7 Å². The van der Waals surface area contributed by atoms with Crippen molar-refractivity contribution >= 4 is 35.4 Å². The van der Waals surface area contributed by atoms with Crippen LogP contribution in [0.5, 0.6) is 5.75 Å². The second kappa shape index (κ2) is 14.0. The average molecular weight is 567 g/mol. The molecule has 0 spiro atoms. The molecule has 0 radical (unpaired) electrons. The Morgan fingerprint density at radius 1 is 1.12 bits per heavy atom. The second-order valence-electron chi connectivity index (χ2n) is 9.56. The predicted octanol–water partition coefficient (Wildman–Crippen LogP) is 4.57. The molecule has 1 saturated heterocycles. The molecule has 0 saturated carbocycles. The van der Waals surface area contributed by atoms with Crippen molar-refractivity contribution in [1.29, 1.82) is 5.41 Å².